The van der Waals surface area contributed by atoms with Crippen LogP contribution in [0.3, 0.4) is 0 Å². The second kappa shape index (κ2) is 5.86. The van der Waals surface area contributed by atoms with Gasteiger partial charge in [0.1, 0.15) is 5.01 Å². The van der Waals surface area contributed by atoms with Gasteiger partial charge in [-0.15, -0.1) is 22.7 Å². The fraction of sp³-hybridized carbons (Fsp3) is 0.133. The zero-order valence-corrected chi connectivity index (χ0v) is 13.6. The number of aliphatic carboxylic acids is 1. The van der Waals surface area contributed by atoms with Crippen molar-refractivity contribution in [2.75, 3.05) is 0 Å². The van der Waals surface area contributed by atoms with Crippen molar-refractivity contribution in [1.82, 2.24) is 14.4 Å². The molecule has 3 heterocycles. The third kappa shape index (κ3) is 3.00. The van der Waals surface area contributed by atoms with Crippen LogP contribution in [-0.4, -0.2) is 25.4 Å². The minimum atomic E-state index is -0.962. The maximum Gasteiger partial charge on any atom is 0.328 e. The zero-order valence-electron chi connectivity index (χ0n) is 12.0. The van der Waals surface area contributed by atoms with Crippen molar-refractivity contribution in [3.05, 3.63) is 44.6 Å². The number of fused-ring (bicyclic) bond motifs is 1. The van der Waals surface area contributed by atoms with Crippen LogP contribution in [0.4, 0.5) is 0 Å². The lowest BCUT2D eigenvalue weighted by Gasteiger charge is -1.92. The van der Waals surface area contributed by atoms with E-state index in [0.29, 0.717) is 0 Å². The molecule has 0 aliphatic carbocycles. The Bertz CT molecular complexity index is 899. The summed E-state index contributed by atoms with van der Waals surface area (Å²) in [5.41, 5.74) is 2.02. The summed E-state index contributed by atoms with van der Waals surface area (Å²) in [5.74, 6) is -0.962. The number of aromatic nitrogens is 3. The lowest BCUT2D eigenvalue weighted by atomic mass is 10.3. The van der Waals surface area contributed by atoms with Gasteiger partial charge in [0, 0.05) is 28.2 Å². The number of nitrogens with zero attached hydrogens (tertiary/aromatic N) is 3. The summed E-state index contributed by atoms with van der Waals surface area (Å²) < 4.78 is 2.07. The topological polar surface area (TPSA) is 67.5 Å². The van der Waals surface area contributed by atoms with E-state index in [1.54, 1.807) is 23.6 Å². The molecule has 0 aliphatic heterocycles. The van der Waals surface area contributed by atoms with Gasteiger partial charge in [0.15, 0.2) is 4.96 Å². The van der Waals surface area contributed by atoms with E-state index < -0.39 is 5.97 Å². The van der Waals surface area contributed by atoms with E-state index in [1.807, 2.05) is 19.1 Å². The Morgan fingerprint density at radius 1 is 1.27 bits per heavy atom. The van der Waals surface area contributed by atoms with Gasteiger partial charge in [0.25, 0.3) is 0 Å². The maximum atomic E-state index is 10.5. The molecule has 0 bridgehead atoms. The van der Waals surface area contributed by atoms with Crippen molar-refractivity contribution < 1.29 is 9.90 Å². The number of thiazole rings is 2. The molecule has 0 fully saturated rings. The van der Waals surface area contributed by atoms with Gasteiger partial charge in [-0.3, -0.25) is 4.40 Å². The number of hydrogen-bond acceptors (Lipinski definition) is 5. The van der Waals surface area contributed by atoms with E-state index in [4.69, 9.17) is 5.11 Å². The molecule has 0 radical (unpaired) electrons. The molecular weight excluding hydrogens is 318 g/mol. The SMILES string of the molecule is Cc1cn2c(/C=C/c3ncc(/C=C/C(=O)O)s3)c(C)nc2s1. The molecule has 22 heavy (non-hydrogen) atoms. The third-order valence-corrected chi connectivity index (χ3v) is 4.80. The summed E-state index contributed by atoms with van der Waals surface area (Å²) in [6.45, 7) is 4.04. The van der Waals surface area contributed by atoms with Crippen molar-refractivity contribution in [3.63, 3.8) is 0 Å². The standard InChI is InChI=1S/C15H13N3O2S2/c1-9-8-18-12(10(2)17-15(18)21-9)4-5-13-16-7-11(22-13)3-6-14(19)20/h3-8H,1-2H3,(H,19,20)/b5-4+,6-3+. The van der Waals surface area contributed by atoms with Crippen LogP contribution in [0.2, 0.25) is 0 Å². The average molecular weight is 331 g/mol. The lowest BCUT2D eigenvalue weighted by Crippen LogP contribution is -1.84. The Labute approximate surface area is 134 Å². The smallest absolute Gasteiger partial charge is 0.328 e. The van der Waals surface area contributed by atoms with Crippen molar-refractivity contribution in [3.8, 4) is 0 Å². The molecule has 0 spiro atoms. The fourth-order valence-corrected chi connectivity index (χ4v) is 3.64. The number of imidazole rings is 1. The van der Waals surface area contributed by atoms with Crippen LogP contribution in [0.5, 0.6) is 0 Å². The average Bonchev–Trinajstić information content (AvgIpc) is 3.10. The molecule has 0 unspecified atom stereocenters. The number of carbonyl (C=O) groups is 1. The van der Waals surface area contributed by atoms with E-state index in [1.165, 1.54) is 16.2 Å². The van der Waals surface area contributed by atoms with E-state index in [-0.39, 0.29) is 0 Å². The summed E-state index contributed by atoms with van der Waals surface area (Å²) in [6.07, 6.45) is 10.3. The van der Waals surface area contributed by atoms with Gasteiger partial charge in [-0.05, 0) is 32.1 Å². The molecule has 112 valence electrons. The number of rotatable bonds is 4. The summed E-state index contributed by atoms with van der Waals surface area (Å²) in [6, 6.07) is 0. The molecular formula is C15H13N3O2S2. The Balaban J connectivity index is 1.86. The highest BCUT2D eigenvalue weighted by Gasteiger charge is 2.08. The number of carboxylic acids is 1. The van der Waals surface area contributed by atoms with Crippen LogP contribution in [0.25, 0.3) is 23.2 Å². The van der Waals surface area contributed by atoms with Crippen molar-refractivity contribution in [2.45, 2.75) is 13.8 Å². The fourth-order valence-electron chi connectivity index (χ4n) is 2.04. The second-order valence-electron chi connectivity index (χ2n) is 4.68. The van der Waals surface area contributed by atoms with E-state index in [9.17, 15) is 4.79 Å². The van der Waals surface area contributed by atoms with Crippen molar-refractivity contribution >= 4 is 51.8 Å². The van der Waals surface area contributed by atoms with Crippen molar-refractivity contribution in [1.29, 1.82) is 0 Å². The van der Waals surface area contributed by atoms with E-state index in [0.717, 1.165) is 32.3 Å². The van der Waals surface area contributed by atoms with Crippen LogP contribution in [0, 0.1) is 13.8 Å². The predicted molar refractivity (Wildman–Crippen MR) is 90.3 cm³/mol. The Morgan fingerprint density at radius 3 is 2.86 bits per heavy atom. The number of hydrogen-bond donors (Lipinski definition) is 1. The van der Waals surface area contributed by atoms with E-state index in [2.05, 4.69) is 27.5 Å². The summed E-state index contributed by atoms with van der Waals surface area (Å²) in [7, 11) is 0. The highest BCUT2D eigenvalue weighted by molar-refractivity contribution is 7.17. The summed E-state index contributed by atoms with van der Waals surface area (Å²) in [5, 5.41) is 9.44. The van der Waals surface area contributed by atoms with Gasteiger partial charge in [-0.1, -0.05) is 0 Å². The Hall–Kier alpha value is -2.25. The molecule has 1 N–H and O–H groups in total. The second-order valence-corrected chi connectivity index (χ2v) is 6.99. The van der Waals surface area contributed by atoms with Crippen molar-refractivity contribution in [2.24, 2.45) is 0 Å². The highest BCUT2D eigenvalue weighted by Crippen LogP contribution is 2.23. The molecule has 3 rings (SSSR count). The lowest BCUT2D eigenvalue weighted by molar-refractivity contribution is -0.131. The number of aryl methyl sites for hydroxylation is 2. The van der Waals surface area contributed by atoms with Gasteiger partial charge < -0.3 is 5.11 Å². The van der Waals surface area contributed by atoms with Gasteiger partial charge in [0.2, 0.25) is 0 Å². The first-order valence-corrected chi connectivity index (χ1v) is 8.16. The zero-order chi connectivity index (χ0) is 15.7. The first-order chi connectivity index (χ1) is 10.5. The van der Waals surface area contributed by atoms with E-state index >= 15 is 0 Å². The quantitative estimate of drug-likeness (QED) is 0.740. The molecule has 0 saturated heterocycles. The maximum absolute atomic E-state index is 10.5. The molecule has 0 aliphatic rings. The third-order valence-electron chi connectivity index (χ3n) is 2.98. The van der Waals surface area contributed by atoms with Crippen LogP contribution < -0.4 is 0 Å². The molecule has 7 heteroatoms. The largest absolute Gasteiger partial charge is 0.478 e. The Morgan fingerprint density at radius 2 is 2.09 bits per heavy atom. The molecule has 3 aromatic rings. The highest BCUT2D eigenvalue weighted by atomic mass is 32.1. The van der Waals surface area contributed by atoms with Gasteiger partial charge in [-0.25, -0.2) is 14.8 Å². The minimum Gasteiger partial charge on any atom is -0.478 e. The van der Waals surface area contributed by atoms with Gasteiger partial charge in [0.05, 0.1) is 11.4 Å². The monoisotopic (exact) mass is 331 g/mol. The molecule has 0 aromatic carbocycles. The minimum absolute atomic E-state index is 0.809. The molecule has 5 nitrogen and oxygen atoms in total. The van der Waals surface area contributed by atoms with Gasteiger partial charge in [-0.2, -0.15) is 0 Å². The van der Waals surface area contributed by atoms with Crippen LogP contribution in [0.1, 0.15) is 26.1 Å². The molecule has 0 amide bonds. The predicted octanol–water partition coefficient (Wildman–Crippen LogP) is 3.74. The molecule has 0 saturated carbocycles. The van der Waals surface area contributed by atoms with Crippen LogP contribution in [0.15, 0.2) is 18.5 Å². The first kappa shape index (κ1) is 14.7. The summed E-state index contributed by atoms with van der Waals surface area (Å²) >= 11 is 3.10. The normalized spacial score (nSPS) is 12.1. The van der Waals surface area contributed by atoms with Crippen LogP contribution >= 0.6 is 22.7 Å². The first-order valence-electron chi connectivity index (χ1n) is 6.53. The number of carboxylic acid groups (broad SMARTS) is 1. The molecule has 3 aromatic heterocycles. The summed E-state index contributed by atoms with van der Waals surface area (Å²) in [4.78, 5) is 22.3. The molecule has 0 atom stereocenters. The van der Waals surface area contributed by atoms with Crippen LogP contribution in [-0.2, 0) is 4.79 Å². The Kier molecular flexibility index (Phi) is 3.91. The van der Waals surface area contributed by atoms with Gasteiger partial charge >= 0.3 is 5.97 Å².